The van der Waals surface area contributed by atoms with Crippen molar-refractivity contribution in [2.24, 2.45) is 11.7 Å². The Bertz CT molecular complexity index is 115. The van der Waals surface area contributed by atoms with Crippen LogP contribution in [0.3, 0.4) is 0 Å². The standard InChI is InChI=1S/C8H17NO2/c1-7(8(9)11)5-3-2-4-6-10/h7,10H,2-6H2,1H3,(H2,9,11)/t7-/m0/s1. The quantitative estimate of drug-likeness (QED) is 0.559. The first kappa shape index (κ1) is 10.4. The second-order valence-corrected chi connectivity index (χ2v) is 2.88. The maximum atomic E-state index is 10.5. The van der Waals surface area contributed by atoms with Crippen LogP contribution in [-0.4, -0.2) is 17.6 Å². The summed E-state index contributed by atoms with van der Waals surface area (Å²) >= 11 is 0. The Labute approximate surface area is 67.6 Å². The molecule has 0 fully saturated rings. The first-order chi connectivity index (χ1) is 5.18. The minimum atomic E-state index is -0.228. The van der Waals surface area contributed by atoms with Gasteiger partial charge in [-0.3, -0.25) is 4.79 Å². The number of aliphatic hydroxyl groups is 1. The van der Waals surface area contributed by atoms with E-state index in [1.165, 1.54) is 0 Å². The molecule has 0 radical (unpaired) electrons. The number of nitrogens with two attached hydrogens (primary N) is 1. The molecule has 3 N–H and O–H groups in total. The molecule has 3 heteroatoms. The fourth-order valence-corrected chi connectivity index (χ4v) is 0.881. The molecule has 66 valence electrons. The van der Waals surface area contributed by atoms with Crippen molar-refractivity contribution >= 4 is 5.91 Å². The molecular weight excluding hydrogens is 142 g/mol. The lowest BCUT2D eigenvalue weighted by Crippen LogP contribution is -2.20. The van der Waals surface area contributed by atoms with E-state index in [0.29, 0.717) is 0 Å². The highest BCUT2D eigenvalue weighted by atomic mass is 16.2. The van der Waals surface area contributed by atoms with Crippen molar-refractivity contribution < 1.29 is 9.90 Å². The molecule has 1 amide bonds. The molecule has 1 atom stereocenters. The first-order valence-corrected chi connectivity index (χ1v) is 4.08. The topological polar surface area (TPSA) is 63.3 Å². The van der Waals surface area contributed by atoms with Crippen LogP contribution < -0.4 is 5.73 Å². The number of amides is 1. The van der Waals surface area contributed by atoms with E-state index < -0.39 is 0 Å². The smallest absolute Gasteiger partial charge is 0.220 e. The summed E-state index contributed by atoms with van der Waals surface area (Å²) in [7, 11) is 0. The summed E-state index contributed by atoms with van der Waals surface area (Å²) in [5.74, 6) is -0.248. The molecule has 0 unspecified atom stereocenters. The molecule has 11 heavy (non-hydrogen) atoms. The Morgan fingerprint density at radius 1 is 1.45 bits per heavy atom. The Morgan fingerprint density at radius 2 is 2.09 bits per heavy atom. The molecular formula is C8H17NO2. The number of primary amides is 1. The molecule has 0 aliphatic carbocycles. The molecule has 0 bridgehead atoms. The third-order valence-electron chi connectivity index (χ3n) is 1.78. The lowest BCUT2D eigenvalue weighted by Gasteiger charge is -2.04. The van der Waals surface area contributed by atoms with Crippen molar-refractivity contribution in [1.29, 1.82) is 0 Å². The van der Waals surface area contributed by atoms with E-state index in [1.807, 2.05) is 6.92 Å². The van der Waals surface area contributed by atoms with Gasteiger partial charge >= 0.3 is 0 Å². The Kier molecular flexibility index (Phi) is 5.84. The van der Waals surface area contributed by atoms with Crippen LogP contribution in [0.25, 0.3) is 0 Å². The fraction of sp³-hybridized carbons (Fsp3) is 0.875. The molecule has 0 spiro atoms. The van der Waals surface area contributed by atoms with Gasteiger partial charge in [0.15, 0.2) is 0 Å². The molecule has 0 aromatic rings. The number of hydrogen-bond acceptors (Lipinski definition) is 2. The van der Waals surface area contributed by atoms with Crippen LogP contribution in [0.15, 0.2) is 0 Å². The van der Waals surface area contributed by atoms with E-state index in [2.05, 4.69) is 0 Å². The third kappa shape index (κ3) is 5.85. The highest BCUT2D eigenvalue weighted by Gasteiger charge is 2.06. The Hall–Kier alpha value is -0.570. The molecule has 0 aliphatic rings. The summed E-state index contributed by atoms with van der Waals surface area (Å²) < 4.78 is 0. The van der Waals surface area contributed by atoms with Crippen LogP contribution in [0.4, 0.5) is 0 Å². The predicted molar refractivity (Wildman–Crippen MR) is 43.9 cm³/mol. The molecule has 0 aromatic heterocycles. The summed E-state index contributed by atoms with van der Waals surface area (Å²) in [6, 6.07) is 0. The van der Waals surface area contributed by atoms with Crippen molar-refractivity contribution in [3.63, 3.8) is 0 Å². The van der Waals surface area contributed by atoms with E-state index in [9.17, 15) is 4.79 Å². The SMILES string of the molecule is C[C@@H](CCCCCO)C(N)=O. The summed E-state index contributed by atoms with van der Waals surface area (Å²) in [4.78, 5) is 10.5. The Balaban J connectivity index is 3.17. The predicted octanol–water partition coefficient (Wildman–Crippen LogP) is 0.661. The van der Waals surface area contributed by atoms with Crippen LogP contribution in [0.5, 0.6) is 0 Å². The monoisotopic (exact) mass is 159 g/mol. The summed E-state index contributed by atoms with van der Waals surface area (Å²) in [6.45, 7) is 2.08. The lowest BCUT2D eigenvalue weighted by molar-refractivity contribution is -0.121. The zero-order chi connectivity index (χ0) is 8.69. The van der Waals surface area contributed by atoms with Gasteiger partial charge in [0, 0.05) is 12.5 Å². The normalized spacial score (nSPS) is 12.9. The zero-order valence-corrected chi connectivity index (χ0v) is 7.05. The van der Waals surface area contributed by atoms with Gasteiger partial charge in [0.25, 0.3) is 0 Å². The van der Waals surface area contributed by atoms with Crippen molar-refractivity contribution in [1.82, 2.24) is 0 Å². The summed E-state index contributed by atoms with van der Waals surface area (Å²) in [6.07, 6.45) is 3.62. The summed E-state index contributed by atoms with van der Waals surface area (Å²) in [5, 5.41) is 8.45. The van der Waals surface area contributed by atoms with Gasteiger partial charge in [0.1, 0.15) is 0 Å². The van der Waals surface area contributed by atoms with Crippen molar-refractivity contribution in [3.8, 4) is 0 Å². The molecule has 0 aromatic carbocycles. The van der Waals surface area contributed by atoms with Crippen molar-refractivity contribution in [2.75, 3.05) is 6.61 Å². The average molecular weight is 159 g/mol. The van der Waals surface area contributed by atoms with Crippen molar-refractivity contribution in [2.45, 2.75) is 32.6 Å². The van der Waals surface area contributed by atoms with E-state index >= 15 is 0 Å². The van der Waals surface area contributed by atoms with Gasteiger partial charge in [-0.1, -0.05) is 19.8 Å². The summed E-state index contributed by atoms with van der Waals surface area (Å²) in [5.41, 5.74) is 5.06. The third-order valence-corrected chi connectivity index (χ3v) is 1.78. The largest absolute Gasteiger partial charge is 0.396 e. The molecule has 0 heterocycles. The maximum absolute atomic E-state index is 10.5. The van der Waals surface area contributed by atoms with E-state index in [4.69, 9.17) is 10.8 Å². The molecule has 0 saturated carbocycles. The van der Waals surface area contributed by atoms with Crippen LogP contribution in [0.2, 0.25) is 0 Å². The van der Waals surface area contributed by atoms with Crippen LogP contribution in [0, 0.1) is 5.92 Å². The number of aliphatic hydroxyl groups excluding tert-OH is 1. The van der Waals surface area contributed by atoms with Crippen molar-refractivity contribution in [3.05, 3.63) is 0 Å². The number of carbonyl (C=O) groups is 1. The highest BCUT2D eigenvalue weighted by molar-refractivity contribution is 5.76. The maximum Gasteiger partial charge on any atom is 0.220 e. The number of hydrogen-bond donors (Lipinski definition) is 2. The van der Waals surface area contributed by atoms with Crippen LogP contribution >= 0.6 is 0 Å². The lowest BCUT2D eigenvalue weighted by atomic mass is 10.0. The van der Waals surface area contributed by atoms with Crippen LogP contribution in [0.1, 0.15) is 32.6 Å². The highest BCUT2D eigenvalue weighted by Crippen LogP contribution is 2.07. The fourth-order valence-electron chi connectivity index (χ4n) is 0.881. The number of unbranched alkanes of at least 4 members (excludes halogenated alkanes) is 2. The van der Waals surface area contributed by atoms with Gasteiger partial charge in [-0.05, 0) is 12.8 Å². The van der Waals surface area contributed by atoms with Gasteiger partial charge in [0.2, 0.25) is 5.91 Å². The van der Waals surface area contributed by atoms with Gasteiger partial charge < -0.3 is 10.8 Å². The number of carbonyl (C=O) groups excluding carboxylic acids is 1. The second-order valence-electron chi connectivity index (χ2n) is 2.88. The molecule has 0 saturated heterocycles. The minimum absolute atomic E-state index is 0.0197. The first-order valence-electron chi connectivity index (χ1n) is 4.08. The van der Waals surface area contributed by atoms with Gasteiger partial charge in [-0.15, -0.1) is 0 Å². The van der Waals surface area contributed by atoms with E-state index in [0.717, 1.165) is 25.7 Å². The molecule has 0 aliphatic heterocycles. The van der Waals surface area contributed by atoms with Crippen LogP contribution in [-0.2, 0) is 4.79 Å². The van der Waals surface area contributed by atoms with Gasteiger partial charge in [0.05, 0.1) is 0 Å². The van der Waals surface area contributed by atoms with E-state index in [1.54, 1.807) is 0 Å². The number of rotatable bonds is 6. The Morgan fingerprint density at radius 3 is 2.55 bits per heavy atom. The second kappa shape index (κ2) is 6.16. The van der Waals surface area contributed by atoms with E-state index in [-0.39, 0.29) is 18.4 Å². The zero-order valence-electron chi connectivity index (χ0n) is 7.05. The average Bonchev–Trinajstić information content (AvgIpc) is 1.97. The molecule has 3 nitrogen and oxygen atoms in total. The molecule has 0 rings (SSSR count). The van der Waals surface area contributed by atoms with Gasteiger partial charge in [-0.2, -0.15) is 0 Å². The minimum Gasteiger partial charge on any atom is -0.396 e. The van der Waals surface area contributed by atoms with Gasteiger partial charge in [-0.25, -0.2) is 0 Å².